The lowest BCUT2D eigenvalue weighted by Gasteiger charge is -2.01. The number of carboxylic acid groups (broad SMARTS) is 1. The van der Waals surface area contributed by atoms with Crippen LogP contribution in [0.5, 0.6) is 0 Å². The van der Waals surface area contributed by atoms with Crippen molar-refractivity contribution in [1.82, 2.24) is 0 Å². The van der Waals surface area contributed by atoms with Crippen molar-refractivity contribution < 1.29 is 14.8 Å². The molecule has 0 unspecified atom stereocenters. The summed E-state index contributed by atoms with van der Waals surface area (Å²) in [6.45, 7) is 0. The molecule has 7 heteroatoms. The Bertz CT molecular complexity index is 492. The van der Waals surface area contributed by atoms with E-state index < -0.39 is 22.1 Å². The maximum Gasteiger partial charge on any atom is 0.343 e. The van der Waals surface area contributed by atoms with Crippen molar-refractivity contribution in [3.8, 4) is 6.07 Å². The zero-order chi connectivity index (χ0) is 11.6. The van der Waals surface area contributed by atoms with Crippen molar-refractivity contribution in [3.63, 3.8) is 0 Å². The molecule has 0 aliphatic heterocycles. The molecule has 0 aliphatic rings. The van der Waals surface area contributed by atoms with Crippen LogP contribution in [0.2, 0.25) is 0 Å². The van der Waals surface area contributed by atoms with Gasteiger partial charge in [-0.05, 0) is 22.0 Å². The average Bonchev–Trinajstić information content (AvgIpc) is 2.15. The second-order valence-corrected chi connectivity index (χ2v) is 3.38. The largest absolute Gasteiger partial charge is 0.477 e. The molecule has 0 atom stereocenters. The summed E-state index contributed by atoms with van der Waals surface area (Å²) in [6, 6.07) is 3.85. The first-order valence-electron chi connectivity index (χ1n) is 3.58. The molecule has 0 aromatic heterocycles. The summed E-state index contributed by atoms with van der Waals surface area (Å²) < 4.78 is 0.0146. The minimum atomic E-state index is -1.42. The number of rotatable bonds is 2. The highest BCUT2D eigenvalue weighted by Gasteiger charge is 2.24. The number of carbonyl (C=O) groups is 1. The lowest BCUT2D eigenvalue weighted by atomic mass is 10.1. The molecule has 0 fully saturated rings. The molecule has 1 aromatic rings. The highest BCUT2D eigenvalue weighted by atomic mass is 79.9. The predicted octanol–water partition coefficient (Wildman–Crippen LogP) is 1.93. The molecule has 0 radical (unpaired) electrons. The van der Waals surface area contributed by atoms with Gasteiger partial charge in [-0.3, -0.25) is 10.1 Å². The third-order valence-electron chi connectivity index (χ3n) is 1.61. The van der Waals surface area contributed by atoms with E-state index in [1.807, 2.05) is 0 Å². The van der Waals surface area contributed by atoms with Crippen LogP contribution < -0.4 is 0 Å². The van der Waals surface area contributed by atoms with Gasteiger partial charge in [0.1, 0.15) is 0 Å². The average molecular weight is 271 g/mol. The molecule has 0 saturated heterocycles. The van der Waals surface area contributed by atoms with Crippen LogP contribution in [0.25, 0.3) is 0 Å². The molecule has 1 rings (SSSR count). The number of nitro benzene ring substituents is 1. The Hall–Kier alpha value is -1.94. The van der Waals surface area contributed by atoms with Crippen LogP contribution in [-0.4, -0.2) is 16.0 Å². The highest BCUT2D eigenvalue weighted by Crippen LogP contribution is 2.28. The van der Waals surface area contributed by atoms with Crippen LogP contribution >= 0.6 is 15.9 Å². The number of hydrogen-bond acceptors (Lipinski definition) is 4. The monoisotopic (exact) mass is 270 g/mol. The van der Waals surface area contributed by atoms with Crippen molar-refractivity contribution in [1.29, 1.82) is 5.26 Å². The van der Waals surface area contributed by atoms with E-state index in [4.69, 9.17) is 10.4 Å². The Balaban J connectivity index is 3.58. The summed E-state index contributed by atoms with van der Waals surface area (Å²) in [5, 5.41) is 27.9. The van der Waals surface area contributed by atoms with Crippen LogP contribution in [0.15, 0.2) is 16.6 Å². The Morgan fingerprint density at radius 2 is 2.20 bits per heavy atom. The second-order valence-electron chi connectivity index (χ2n) is 2.53. The van der Waals surface area contributed by atoms with E-state index in [0.29, 0.717) is 0 Å². The molecule has 6 nitrogen and oxygen atoms in total. The predicted molar refractivity (Wildman–Crippen MR) is 52.5 cm³/mol. The number of nitriles is 1. The van der Waals surface area contributed by atoms with Gasteiger partial charge in [-0.25, -0.2) is 4.79 Å². The zero-order valence-electron chi connectivity index (χ0n) is 7.10. The van der Waals surface area contributed by atoms with Crippen molar-refractivity contribution in [2.75, 3.05) is 0 Å². The van der Waals surface area contributed by atoms with E-state index in [1.54, 1.807) is 6.07 Å². The molecule has 76 valence electrons. The van der Waals surface area contributed by atoms with Crippen LogP contribution in [0.3, 0.4) is 0 Å². The summed E-state index contributed by atoms with van der Waals surface area (Å²) in [5.41, 5.74) is -1.04. The van der Waals surface area contributed by atoms with E-state index in [0.717, 1.165) is 6.07 Å². The fourth-order valence-electron chi connectivity index (χ4n) is 1.01. The van der Waals surface area contributed by atoms with Gasteiger partial charge in [0, 0.05) is 10.5 Å². The van der Waals surface area contributed by atoms with Gasteiger partial charge in [-0.1, -0.05) is 0 Å². The van der Waals surface area contributed by atoms with Gasteiger partial charge in [0.05, 0.1) is 16.6 Å². The van der Waals surface area contributed by atoms with E-state index in [9.17, 15) is 14.9 Å². The Morgan fingerprint density at radius 3 is 2.60 bits per heavy atom. The Labute approximate surface area is 92.0 Å². The maximum atomic E-state index is 10.7. The number of aromatic carboxylic acids is 1. The van der Waals surface area contributed by atoms with Crippen LogP contribution in [0.4, 0.5) is 5.69 Å². The number of nitrogens with zero attached hydrogens (tertiary/aromatic N) is 2. The first kappa shape index (κ1) is 11.1. The molecule has 0 bridgehead atoms. The number of hydrogen-bond donors (Lipinski definition) is 1. The molecule has 0 spiro atoms. The second kappa shape index (κ2) is 4.06. The summed E-state index contributed by atoms with van der Waals surface area (Å²) in [4.78, 5) is 20.4. The molecular formula is C8H3BrN2O4. The van der Waals surface area contributed by atoms with Crippen molar-refractivity contribution >= 4 is 27.6 Å². The van der Waals surface area contributed by atoms with Gasteiger partial charge in [0.15, 0.2) is 5.56 Å². The lowest BCUT2D eigenvalue weighted by Crippen LogP contribution is -2.04. The number of halogens is 1. The number of carboxylic acids is 1. The zero-order valence-corrected chi connectivity index (χ0v) is 8.69. The smallest absolute Gasteiger partial charge is 0.343 e. The molecule has 0 saturated carbocycles. The van der Waals surface area contributed by atoms with Gasteiger partial charge in [-0.2, -0.15) is 5.26 Å². The van der Waals surface area contributed by atoms with Gasteiger partial charge >= 0.3 is 5.97 Å². The third-order valence-corrected chi connectivity index (χ3v) is 2.23. The molecular weight excluding hydrogens is 268 g/mol. The SMILES string of the molecule is N#Cc1cc(Br)c(C(=O)O)c([N+](=O)[O-])c1. The van der Waals surface area contributed by atoms with Crippen LogP contribution in [0.1, 0.15) is 15.9 Å². The van der Waals surface area contributed by atoms with Crippen molar-refractivity contribution in [3.05, 3.63) is 37.8 Å². The van der Waals surface area contributed by atoms with E-state index in [1.165, 1.54) is 6.07 Å². The van der Waals surface area contributed by atoms with Gasteiger partial charge in [0.2, 0.25) is 0 Å². The fourth-order valence-corrected chi connectivity index (χ4v) is 1.63. The highest BCUT2D eigenvalue weighted by molar-refractivity contribution is 9.10. The van der Waals surface area contributed by atoms with Crippen molar-refractivity contribution in [2.45, 2.75) is 0 Å². The van der Waals surface area contributed by atoms with Crippen LogP contribution in [0, 0.1) is 21.4 Å². The molecule has 0 amide bonds. The first-order valence-corrected chi connectivity index (χ1v) is 4.38. The summed E-state index contributed by atoms with van der Waals surface area (Å²) in [6.07, 6.45) is 0. The Morgan fingerprint density at radius 1 is 1.60 bits per heavy atom. The number of benzene rings is 1. The first-order chi connectivity index (χ1) is 6.97. The maximum absolute atomic E-state index is 10.7. The third kappa shape index (κ3) is 2.11. The molecule has 1 N–H and O–H groups in total. The molecule has 0 aliphatic carbocycles. The number of nitro groups is 1. The Kier molecular flexibility index (Phi) is 3.01. The normalized spacial score (nSPS) is 9.33. The fraction of sp³-hybridized carbons (Fsp3) is 0. The minimum Gasteiger partial charge on any atom is -0.477 e. The molecule has 1 aromatic carbocycles. The van der Waals surface area contributed by atoms with E-state index in [2.05, 4.69) is 15.9 Å². The minimum absolute atomic E-state index is 0.0146. The van der Waals surface area contributed by atoms with E-state index in [-0.39, 0.29) is 10.0 Å². The lowest BCUT2D eigenvalue weighted by molar-refractivity contribution is -0.385. The quantitative estimate of drug-likeness (QED) is 0.653. The summed E-state index contributed by atoms with van der Waals surface area (Å²) in [5.74, 6) is -1.42. The van der Waals surface area contributed by atoms with Crippen LogP contribution in [-0.2, 0) is 0 Å². The summed E-state index contributed by atoms with van der Waals surface area (Å²) in [7, 11) is 0. The molecule has 15 heavy (non-hydrogen) atoms. The van der Waals surface area contributed by atoms with Gasteiger partial charge in [0.25, 0.3) is 5.69 Å². The van der Waals surface area contributed by atoms with E-state index >= 15 is 0 Å². The van der Waals surface area contributed by atoms with Gasteiger partial charge in [-0.15, -0.1) is 0 Å². The van der Waals surface area contributed by atoms with Gasteiger partial charge < -0.3 is 5.11 Å². The summed E-state index contributed by atoms with van der Waals surface area (Å²) >= 11 is 2.87. The van der Waals surface area contributed by atoms with Crippen molar-refractivity contribution in [2.24, 2.45) is 0 Å². The standard InChI is InChI=1S/C8H3BrN2O4/c9-5-1-4(3-10)2-6(11(14)15)7(5)8(12)13/h1-2H,(H,12,13). The topological polar surface area (TPSA) is 104 Å². The molecule has 0 heterocycles.